The van der Waals surface area contributed by atoms with Crippen LogP contribution in [0.4, 0.5) is 0 Å². The fourth-order valence-corrected chi connectivity index (χ4v) is 4.48. The third-order valence-electron chi connectivity index (χ3n) is 6.35. The number of rotatable bonds is 6. The second-order valence-electron chi connectivity index (χ2n) is 8.24. The summed E-state index contributed by atoms with van der Waals surface area (Å²) in [7, 11) is 5.15. The van der Waals surface area contributed by atoms with Gasteiger partial charge in [-0.15, -0.1) is 0 Å². The third-order valence-corrected chi connectivity index (χ3v) is 6.35. The van der Waals surface area contributed by atoms with Crippen molar-refractivity contribution in [3.63, 3.8) is 0 Å². The minimum atomic E-state index is -0.0832. The van der Waals surface area contributed by atoms with Crippen LogP contribution in [0.25, 0.3) is 11.3 Å². The molecule has 1 atom stereocenters. The van der Waals surface area contributed by atoms with E-state index in [2.05, 4.69) is 10.3 Å². The molecule has 170 valence electrons. The van der Waals surface area contributed by atoms with Gasteiger partial charge in [-0.3, -0.25) is 9.48 Å². The van der Waals surface area contributed by atoms with Crippen LogP contribution in [0.3, 0.4) is 0 Å². The number of hydrogen-bond acceptors (Lipinski definition) is 6. The SMILES string of the molecule is COc1ccc(OC)c(CC(=O)N2CCCCC2c2c(-c3onc(C)c3C)cnn2C)c1. The maximum Gasteiger partial charge on any atom is 0.227 e. The van der Waals surface area contributed by atoms with E-state index in [1.54, 1.807) is 14.2 Å². The number of hydrogen-bond donors (Lipinski definition) is 0. The zero-order valence-corrected chi connectivity index (χ0v) is 19.3. The van der Waals surface area contributed by atoms with Crippen LogP contribution in [0, 0.1) is 13.8 Å². The number of ether oxygens (including phenoxy) is 2. The summed E-state index contributed by atoms with van der Waals surface area (Å²) >= 11 is 0. The summed E-state index contributed by atoms with van der Waals surface area (Å²) in [6, 6.07) is 5.45. The van der Waals surface area contributed by atoms with E-state index in [0.29, 0.717) is 18.0 Å². The van der Waals surface area contributed by atoms with Crippen molar-refractivity contribution in [1.29, 1.82) is 0 Å². The van der Waals surface area contributed by atoms with E-state index in [4.69, 9.17) is 14.0 Å². The number of aryl methyl sites for hydroxylation is 2. The molecule has 1 aliphatic heterocycles. The minimum absolute atomic E-state index is 0.0545. The van der Waals surface area contributed by atoms with Crippen LogP contribution in [0.5, 0.6) is 11.5 Å². The first-order valence-electron chi connectivity index (χ1n) is 10.9. The molecule has 0 N–H and O–H groups in total. The molecule has 32 heavy (non-hydrogen) atoms. The van der Waals surface area contributed by atoms with Crippen LogP contribution in [-0.4, -0.2) is 46.5 Å². The Morgan fingerprint density at radius 1 is 1.22 bits per heavy atom. The van der Waals surface area contributed by atoms with Gasteiger partial charge in [0.25, 0.3) is 0 Å². The Labute approximate surface area is 188 Å². The largest absolute Gasteiger partial charge is 0.497 e. The lowest BCUT2D eigenvalue weighted by Gasteiger charge is -2.36. The van der Waals surface area contributed by atoms with Crippen molar-refractivity contribution in [2.45, 2.75) is 45.6 Å². The van der Waals surface area contributed by atoms with Crippen LogP contribution >= 0.6 is 0 Å². The molecular weight excluding hydrogens is 408 g/mol. The average Bonchev–Trinajstić information content (AvgIpc) is 3.35. The van der Waals surface area contributed by atoms with Crippen molar-refractivity contribution in [1.82, 2.24) is 19.8 Å². The van der Waals surface area contributed by atoms with Crippen LogP contribution in [-0.2, 0) is 18.3 Å². The highest BCUT2D eigenvalue weighted by molar-refractivity contribution is 5.80. The topological polar surface area (TPSA) is 82.6 Å². The van der Waals surface area contributed by atoms with Crippen molar-refractivity contribution in [3.8, 4) is 22.8 Å². The van der Waals surface area contributed by atoms with Gasteiger partial charge < -0.3 is 18.9 Å². The lowest BCUT2D eigenvalue weighted by molar-refractivity contribution is -0.134. The fraction of sp³-hybridized carbons (Fsp3) is 0.458. The molecule has 3 heterocycles. The highest BCUT2D eigenvalue weighted by Crippen LogP contribution is 2.38. The maximum atomic E-state index is 13.5. The Hall–Kier alpha value is -3.29. The standard InChI is InChI=1S/C24H30N4O4/c1-15-16(2)26-32-24(15)19-14-25-27(3)23(19)20-8-6-7-11-28(20)22(29)13-17-12-18(30-4)9-10-21(17)31-5/h9-10,12,14,20H,6-8,11,13H2,1-5H3. The van der Waals surface area contributed by atoms with E-state index < -0.39 is 0 Å². The maximum absolute atomic E-state index is 13.5. The lowest BCUT2D eigenvalue weighted by Crippen LogP contribution is -2.40. The van der Waals surface area contributed by atoms with Gasteiger partial charge in [0.15, 0.2) is 5.76 Å². The fourth-order valence-electron chi connectivity index (χ4n) is 4.48. The van der Waals surface area contributed by atoms with Crippen LogP contribution in [0.1, 0.15) is 47.8 Å². The molecule has 8 heteroatoms. The molecule has 1 aromatic carbocycles. The summed E-state index contributed by atoms with van der Waals surface area (Å²) in [5, 5.41) is 8.62. The van der Waals surface area contributed by atoms with Gasteiger partial charge in [0.2, 0.25) is 5.91 Å². The molecule has 8 nitrogen and oxygen atoms in total. The molecule has 1 aliphatic rings. The Morgan fingerprint density at radius 3 is 2.72 bits per heavy atom. The molecular formula is C24H30N4O4. The first kappa shape index (κ1) is 21.9. The summed E-state index contributed by atoms with van der Waals surface area (Å²) in [6.07, 6.45) is 4.95. The molecule has 0 radical (unpaired) electrons. The van der Waals surface area contributed by atoms with Gasteiger partial charge in [0, 0.05) is 24.7 Å². The van der Waals surface area contributed by atoms with Gasteiger partial charge in [0.1, 0.15) is 11.5 Å². The monoisotopic (exact) mass is 438 g/mol. The molecule has 4 rings (SSSR count). The first-order chi connectivity index (χ1) is 15.4. The molecule has 2 aromatic heterocycles. The van der Waals surface area contributed by atoms with Crippen LogP contribution in [0.2, 0.25) is 0 Å². The van der Waals surface area contributed by atoms with Crippen molar-refractivity contribution >= 4 is 5.91 Å². The number of aromatic nitrogens is 3. The summed E-state index contributed by atoms with van der Waals surface area (Å²) in [6.45, 7) is 4.63. The highest BCUT2D eigenvalue weighted by Gasteiger charge is 2.33. The summed E-state index contributed by atoms with van der Waals surface area (Å²) in [5.41, 5.74) is 4.54. The number of carbonyl (C=O) groups excluding carboxylic acids is 1. The van der Waals surface area contributed by atoms with Crippen LogP contribution in [0.15, 0.2) is 28.9 Å². The third kappa shape index (κ3) is 3.97. The lowest BCUT2D eigenvalue weighted by atomic mass is 9.94. The van der Waals surface area contributed by atoms with Gasteiger partial charge in [-0.1, -0.05) is 5.16 Å². The van der Waals surface area contributed by atoms with Gasteiger partial charge >= 0.3 is 0 Å². The first-order valence-corrected chi connectivity index (χ1v) is 10.9. The van der Waals surface area contributed by atoms with Crippen molar-refractivity contribution in [3.05, 3.63) is 46.9 Å². The molecule has 1 amide bonds. The normalized spacial score (nSPS) is 16.3. The number of carbonyl (C=O) groups is 1. The van der Waals surface area contributed by atoms with Crippen molar-refractivity contribution in [2.24, 2.45) is 7.05 Å². The average molecular weight is 439 g/mol. The van der Waals surface area contributed by atoms with E-state index in [1.165, 1.54) is 0 Å². The number of likely N-dealkylation sites (tertiary alicyclic amines) is 1. The highest BCUT2D eigenvalue weighted by atomic mass is 16.5. The van der Waals surface area contributed by atoms with Gasteiger partial charge in [-0.25, -0.2) is 0 Å². The van der Waals surface area contributed by atoms with E-state index in [1.807, 2.05) is 54.9 Å². The second-order valence-corrected chi connectivity index (χ2v) is 8.24. The Kier molecular flexibility index (Phi) is 6.21. The van der Waals surface area contributed by atoms with Crippen LogP contribution < -0.4 is 9.47 Å². The van der Waals surface area contributed by atoms with E-state index in [0.717, 1.165) is 53.1 Å². The Morgan fingerprint density at radius 2 is 2.03 bits per heavy atom. The molecule has 0 spiro atoms. The number of methoxy groups -OCH3 is 2. The molecule has 0 saturated carbocycles. The molecule has 1 fully saturated rings. The van der Waals surface area contributed by atoms with Gasteiger partial charge in [-0.05, 0) is 51.3 Å². The van der Waals surface area contributed by atoms with E-state index in [9.17, 15) is 4.79 Å². The second kappa shape index (κ2) is 9.06. The van der Waals surface area contributed by atoms with Crippen molar-refractivity contribution in [2.75, 3.05) is 20.8 Å². The predicted molar refractivity (Wildman–Crippen MR) is 120 cm³/mol. The quantitative estimate of drug-likeness (QED) is 0.578. The zero-order chi connectivity index (χ0) is 22.8. The molecule has 0 aliphatic carbocycles. The van der Waals surface area contributed by atoms with Gasteiger partial charge in [0.05, 0.1) is 49.8 Å². The van der Waals surface area contributed by atoms with E-state index in [-0.39, 0.29) is 18.4 Å². The molecule has 3 aromatic rings. The minimum Gasteiger partial charge on any atom is -0.497 e. The zero-order valence-electron chi connectivity index (χ0n) is 19.3. The number of piperidine rings is 1. The summed E-state index contributed by atoms with van der Waals surface area (Å²) in [4.78, 5) is 15.5. The van der Waals surface area contributed by atoms with E-state index >= 15 is 0 Å². The number of amides is 1. The summed E-state index contributed by atoms with van der Waals surface area (Å²) < 4.78 is 18.3. The molecule has 1 unspecified atom stereocenters. The summed E-state index contributed by atoms with van der Waals surface area (Å²) in [5.74, 6) is 2.16. The molecule has 1 saturated heterocycles. The molecule has 0 bridgehead atoms. The van der Waals surface area contributed by atoms with Gasteiger partial charge in [-0.2, -0.15) is 5.10 Å². The Bertz CT molecular complexity index is 1120. The number of benzene rings is 1. The predicted octanol–water partition coefficient (Wildman–Crippen LogP) is 4.01. The number of nitrogens with zero attached hydrogens (tertiary/aromatic N) is 4. The smallest absolute Gasteiger partial charge is 0.227 e. The van der Waals surface area contributed by atoms with Crippen molar-refractivity contribution < 1.29 is 18.8 Å². The Balaban J connectivity index is 1.67.